The molecule has 3 aromatic carbocycles. The molecule has 1 N–H and O–H groups in total. The van der Waals surface area contributed by atoms with Gasteiger partial charge in [0.05, 0.1) is 11.3 Å². The number of anilines is 3. The van der Waals surface area contributed by atoms with Crippen molar-refractivity contribution in [2.75, 3.05) is 34.8 Å². The normalized spacial score (nSPS) is 18.4. The van der Waals surface area contributed by atoms with Gasteiger partial charge in [-0.2, -0.15) is 0 Å². The first-order valence-electron chi connectivity index (χ1n) is 11.9. The fourth-order valence-corrected chi connectivity index (χ4v) is 5.05. The van der Waals surface area contributed by atoms with Gasteiger partial charge in [0.1, 0.15) is 6.54 Å². The minimum atomic E-state index is -1.51. The van der Waals surface area contributed by atoms with Crippen molar-refractivity contribution in [3.05, 3.63) is 89.5 Å². The van der Waals surface area contributed by atoms with Crippen LogP contribution in [0, 0.1) is 6.92 Å². The predicted octanol–water partition coefficient (Wildman–Crippen LogP) is 4.14. The highest BCUT2D eigenvalue weighted by Gasteiger charge is 2.60. The van der Waals surface area contributed by atoms with E-state index in [9.17, 15) is 14.4 Å². The summed E-state index contributed by atoms with van der Waals surface area (Å²) in [6, 6.07) is 22.1. The van der Waals surface area contributed by atoms with Crippen LogP contribution in [0.4, 0.5) is 17.1 Å². The lowest BCUT2D eigenvalue weighted by Crippen LogP contribution is -2.63. The van der Waals surface area contributed by atoms with Gasteiger partial charge in [0.2, 0.25) is 11.6 Å². The molecule has 7 heteroatoms. The number of nitrogens with one attached hydrogen (secondary N) is 1. The second-order valence-electron chi connectivity index (χ2n) is 8.83. The van der Waals surface area contributed by atoms with Crippen molar-refractivity contribution < 1.29 is 14.4 Å². The van der Waals surface area contributed by atoms with Crippen molar-refractivity contribution >= 4 is 34.8 Å². The number of amides is 3. The molecule has 1 spiro atoms. The monoisotopic (exact) mass is 468 g/mol. The predicted molar refractivity (Wildman–Crippen MR) is 136 cm³/mol. The van der Waals surface area contributed by atoms with E-state index >= 15 is 0 Å². The molecule has 178 valence electrons. The van der Waals surface area contributed by atoms with E-state index in [1.807, 2.05) is 81.4 Å². The summed E-state index contributed by atoms with van der Waals surface area (Å²) in [4.78, 5) is 46.2. The molecule has 1 atom stereocenters. The Morgan fingerprint density at radius 1 is 0.914 bits per heavy atom. The van der Waals surface area contributed by atoms with Gasteiger partial charge in [-0.15, -0.1) is 0 Å². The minimum Gasteiger partial charge on any atom is -0.350 e. The Hall–Kier alpha value is -4.13. The molecular weight excluding hydrogens is 440 g/mol. The van der Waals surface area contributed by atoms with E-state index in [1.54, 1.807) is 17.0 Å². The zero-order valence-corrected chi connectivity index (χ0v) is 20.1. The smallest absolute Gasteiger partial charge is 0.279 e. The maximum Gasteiger partial charge on any atom is 0.279 e. The van der Waals surface area contributed by atoms with E-state index in [4.69, 9.17) is 0 Å². The lowest BCUT2D eigenvalue weighted by Gasteiger charge is -2.45. The summed E-state index contributed by atoms with van der Waals surface area (Å²) >= 11 is 0. The van der Waals surface area contributed by atoms with Crippen molar-refractivity contribution in [3.8, 4) is 0 Å². The molecule has 0 saturated heterocycles. The number of nitrogens with zero attached hydrogens (tertiary/aromatic N) is 3. The van der Waals surface area contributed by atoms with Crippen LogP contribution in [0.3, 0.4) is 0 Å². The van der Waals surface area contributed by atoms with Gasteiger partial charge in [-0.1, -0.05) is 48.0 Å². The van der Waals surface area contributed by atoms with Crippen molar-refractivity contribution in [2.24, 2.45) is 0 Å². The number of carbonyl (C=O) groups excluding carboxylic acids is 3. The van der Waals surface area contributed by atoms with Crippen molar-refractivity contribution in [1.29, 1.82) is 0 Å². The highest BCUT2D eigenvalue weighted by Crippen LogP contribution is 2.49. The van der Waals surface area contributed by atoms with Crippen LogP contribution in [0.2, 0.25) is 0 Å². The lowest BCUT2D eigenvalue weighted by atomic mass is 9.92. The number of fused-ring (bicyclic) bond motifs is 3. The molecule has 0 radical (unpaired) electrons. The Morgan fingerprint density at radius 3 is 2.29 bits per heavy atom. The second kappa shape index (κ2) is 8.58. The SMILES string of the molecule is CCN(CC)C(=O)CN1C(=O)[C@@]2(Nc3ccccc3C(=O)N2c2ccc(C)cc2)c2ccccc21. The van der Waals surface area contributed by atoms with Gasteiger partial charge in [0, 0.05) is 30.0 Å². The van der Waals surface area contributed by atoms with Crippen LogP contribution in [0.15, 0.2) is 72.8 Å². The van der Waals surface area contributed by atoms with Crippen LogP contribution in [0.1, 0.15) is 35.3 Å². The summed E-state index contributed by atoms with van der Waals surface area (Å²) in [6.07, 6.45) is 0. The van der Waals surface area contributed by atoms with Crippen LogP contribution in [0.25, 0.3) is 0 Å². The zero-order chi connectivity index (χ0) is 24.7. The van der Waals surface area contributed by atoms with E-state index in [-0.39, 0.29) is 24.3 Å². The molecule has 0 fully saturated rings. The third-order valence-corrected chi connectivity index (χ3v) is 6.85. The standard InChI is InChI=1S/C28H28N4O3/c1-4-30(5-2)25(33)18-31-24-13-9-7-11-22(24)28(27(31)35)29-23-12-8-6-10-21(23)26(34)32(28)20-16-14-19(3)15-17-20/h6-17,29H,4-5,18H2,1-3H3/t28-/m1/s1. The first kappa shape index (κ1) is 22.7. The molecule has 3 amide bonds. The zero-order valence-electron chi connectivity index (χ0n) is 20.1. The largest absolute Gasteiger partial charge is 0.350 e. The van der Waals surface area contributed by atoms with Crippen molar-refractivity contribution in [1.82, 2.24) is 4.90 Å². The molecule has 0 unspecified atom stereocenters. The maximum atomic E-state index is 14.4. The molecule has 2 aliphatic rings. The summed E-state index contributed by atoms with van der Waals surface area (Å²) in [5, 5.41) is 3.42. The molecule has 0 aromatic heterocycles. The summed E-state index contributed by atoms with van der Waals surface area (Å²) in [5.41, 5.74) is 2.46. The highest BCUT2D eigenvalue weighted by atomic mass is 16.2. The molecule has 2 heterocycles. The third kappa shape index (κ3) is 3.38. The van der Waals surface area contributed by atoms with E-state index in [0.717, 1.165) is 5.56 Å². The van der Waals surface area contributed by atoms with E-state index in [0.29, 0.717) is 41.3 Å². The number of aryl methyl sites for hydroxylation is 1. The highest BCUT2D eigenvalue weighted by molar-refractivity contribution is 6.23. The molecular formula is C28H28N4O3. The number of rotatable bonds is 5. The summed E-state index contributed by atoms with van der Waals surface area (Å²) in [5.74, 6) is -0.773. The maximum absolute atomic E-state index is 14.4. The van der Waals surface area contributed by atoms with E-state index in [2.05, 4.69) is 5.32 Å². The summed E-state index contributed by atoms with van der Waals surface area (Å²) in [7, 11) is 0. The Bertz CT molecular complexity index is 1320. The Morgan fingerprint density at radius 2 is 1.57 bits per heavy atom. The van der Waals surface area contributed by atoms with Gasteiger partial charge in [-0.3, -0.25) is 24.2 Å². The molecule has 2 aliphatic heterocycles. The number of likely N-dealkylation sites (N-methyl/N-ethyl adjacent to an activating group) is 1. The fraction of sp³-hybridized carbons (Fsp3) is 0.250. The van der Waals surface area contributed by atoms with E-state index in [1.165, 1.54) is 9.80 Å². The average molecular weight is 469 g/mol. The van der Waals surface area contributed by atoms with Crippen molar-refractivity contribution in [2.45, 2.75) is 26.4 Å². The Kier molecular flexibility index (Phi) is 5.55. The van der Waals surface area contributed by atoms with Crippen LogP contribution in [-0.4, -0.2) is 42.3 Å². The van der Waals surface area contributed by atoms with Crippen LogP contribution in [-0.2, 0) is 15.3 Å². The van der Waals surface area contributed by atoms with Crippen LogP contribution < -0.4 is 15.1 Å². The van der Waals surface area contributed by atoms with Crippen LogP contribution >= 0.6 is 0 Å². The molecule has 5 rings (SSSR count). The quantitative estimate of drug-likeness (QED) is 0.611. The first-order valence-corrected chi connectivity index (χ1v) is 11.9. The first-order chi connectivity index (χ1) is 16.9. The van der Waals surface area contributed by atoms with Gasteiger partial charge in [0.15, 0.2) is 0 Å². The Labute approximate surface area is 204 Å². The number of benzene rings is 3. The number of hydrogen-bond donors (Lipinski definition) is 1. The molecule has 0 bridgehead atoms. The van der Waals surface area contributed by atoms with E-state index < -0.39 is 5.66 Å². The molecule has 0 saturated carbocycles. The average Bonchev–Trinajstić information content (AvgIpc) is 3.09. The molecule has 7 nitrogen and oxygen atoms in total. The molecule has 0 aliphatic carbocycles. The second-order valence-corrected chi connectivity index (χ2v) is 8.83. The third-order valence-electron chi connectivity index (χ3n) is 6.85. The molecule has 3 aromatic rings. The number of hydrogen-bond acceptors (Lipinski definition) is 4. The summed E-state index contributed by atoms with van der Waals surface area (Å²) < 4.78 is 0. The van der Waals surface area contributed by atoms with Crippen molar-refractivity contribution in [3.63, 3.8) is 0 Å². The van der Waals surface area contributed by atoms with Gasteiger partial charge >= 0.3 is 0 Å². The Balaban J connectivity index is 1.71. The minimum absolute atomic E-state index is 0.0987. The number of carbonyl (C=O) groups is 3. The lowest BCUT2D eigenvalue weighted by molar-refractivity contribution is -0.131. The van der Waals surface area contributed by atoms with Crippen LogP contribution in [0.5, 0.6) is 0 Å². The molecule has 35 heavy (non-hydrogen) atoms. The van der Waals surface area contributed by atoms with Gasteiger partial charge in [-0.25, -0.2) is 0 Å². The fourth-order valence-electron chi connectivity index (χ4n) is 5.05. The summed E-state index contributed by atoms with van der Waals surface area (Å²) in [6.45, 7) is 6.83. The van der Waals surface area contributed by atoms with Gasteiger partial charge in [-0.05, 0) is 51.1 Å². The number of para-hydroxylation sites is 2. The van der Waals surface area contributed by atoms with Gasteiger partial charge < -0.3 is 10.2 Å². The topological polar surface area (TPSA) is 73.0 Å². The van der Waals surface area contributed by atoms with Gasteiger partial charge in [0.25, 0.3) is 11.8 Å².